The van der Waals surface area contributed by atoms with Crippen LogP contribution >= 0.6 is 0 Å². The first-order valence-electron chi connectivity index (χ1n) is 23.9. The van der Waals surface area contributed by atoms with E-state index in [0.717, 1.165) is 83.6 Å². The van der Waals surface area contributed by atoms with Gasteiger partial charge in [0.2, 0.25) is 0 Å². The normalized spacial score (nSPS) is 13.6. The molecule has 11 rings (SSSR count). The van der Waals surface area contributed by atoms with E-state index in [9.17, 15) is 5.41 Å². The van der Waals surface area contributed by atoms with Crippen molar-refractivity contribution in [2.24, 2.45) is 0 Å². The van der Waals surface area contributed by atoms with E-state index >= 15 is 0 Å². The van der Waals surface area contributed by atoms with Gasteiger partial charge in [-0.25, -0.2) is 0 Å². The van der Waals surface area contributed by atoms with Crippen LogP contribution in [0.3, 0.4) is 0 Å². The van der Waals surface area contributed by atoms with E-state index in [1.807, 2.05) is 43.5 Å². The number of aromatic nitrogens is 1. The quantitative estimate of drug-likeness (QED) is 0.0582. The summed E-state index contributed by atoms with van der Waals surface area (Å²) in [6.07, 6.45) is 9.64. The minimum atomic E-state index is -1.07. The molecule has 3 heteroatoms. The van der Waals surface area contributed by atoms with Gasteiger partial charge < -0.3 is 5.41 Å². The SMILES string of the molecule is C/C=C\C=C/C(=[N-])C1(c2[c-]c(C(=C(c3ccccc3)c3ccccc3)c3[c-]c(C4(c5ccccn5)c5cc(C)ccc5-c5ccc(C)cc54)ccc3)ccc2)c2cc(C)ccc2-c2ccc(C)cc21.[Pt]. The summed E-state index contributed by atoms with van der Waals surface area (Å²) in [5.74, 6) is 0. The van der Waals surface area contributed by atoms with Crippen LogP contribution in [0.5, 0.6) is 0 Å². The Morgan fingerprint density at radius 1 is 0.471 bits per heavy atom. The van der Waals surface area contributed by atoms with E-state index in [1.54, 1.807) is 0 Å². The molecule has 70 heavy (non-hydrogen) atoms. The van der Waals surface area contributed by atoms with Crippen molar-refractivity contribution in [3.63, 3.8) is 0 Å². The molecule has 0 aliphatic heterocycles. The number of hydrogen-bond donors (Lipinski definition) is 0. The van der Waals surface area contributed by atoms with E-state index in [2.05, 4.69) is 222 Å². The van der Waals surface area contributed by atoms with Gasteiger partial charge in [-0.15, -0.1) is 76.4 Å². The summed E-state index contributed by atoms with van der Waals surface area (Å²) < 4.78 is 0. The van der Waals surface area contributed by atoms with Crippen molar-refractivity contribution in [1.29, 1.82) is 0 Å². The van der Waals surface area contributed by atoms with E-state index < -0.39 is 10.8 Å². The van der Waals surface area contributed by atoms with Crippen LogP contribution in [0, 0.1) is 39.8 Å². The first-order valence-corrected chi connectivity index (χ1v) is 23.9. The van der Waals surface area contributed by atoms with Crippen molar-refractivity contribution in [3.05, 3.63) is 320 Å². The van der Waals surface area contributed by atoms with E-state index in [-0.39, 0.29) is 26.8 Å². The van der Waals surface area contributed by atoms with Gasteiger partial charge in [-0.05, 0) is 108 Å². The van der Waals surface area contributed by atoms with Gasteiger partial charge in [-0.2, -0.15) is 5.71 Å². The van der Waals surface area contributed by atoms with Crippen LogP contribution in [0.25, 0.3) is 38.8 Å². The Bertz CT molecular complexity index is 3420. The second kappa shape index (κ2) is 18.8. The predicted molar refractivity (Wildman–Crippen MR) is 287 cm³/mol. The van der Waals surface area contributed by atoms with Gasteiger partial charge in [0.1, 0.15) is 0 Å². The van der Waals surface area contributed by atoms with Gasteiger partial charge >= 0.3 is 0 Å². The van der Waals surface area contributed by atoms with Crippen LogP contribution < -0.4 is 0 Å². The summed E-state index contributed by atoms with van der Waals surface area (Å²) in [4.78, 5) is 5.21. The van der Waals surface area contributed by atoms with Crippen molar-refractivity contribution in [2.75, 3.05) is 0 Å². The van der Waals surface area contributed by atoms with E-state index in [0.29, 0.717) is 0 Å². The Labute approximate surface area is 427 Å². The van der Waals surface area contributed by atoms with Crippen LogP contribution in [-0.4, -0.2) is 10.7 Å². The average molecular weight is 1080 g/mol. The summed E-state index contributed by atoms with van der Waals surface area (Å²) in [6, 6.07) is 75.9. The summed E-state index contributed by atoms with van der Waals surface area (Å²) in [5.41, 5.74) is 20.9. The Hall–Kier alpha value is -7.51. The first-order chi connectivity index (χ1) is 33.7. The fourth-order valence-electron chi connectivity index (χ4n) is 11.2. The number of hydrogen-bond acceptors (Lipinski definition) is 1. The van der Waals surface area contributed by atoms with Crippen molar-refractivity contribution in [3.8, 4) is 22.3 Å². The molecule has 0 bridgehead atoms. The predicted octanol–water partition coefficient (Wildman–Crippen LogP) is 15.7. The molecule has 0 spiro atoms. The average Bonchev–Trinajstić information content (AvgIpc) is 3.82. The van der Waals surface area contributed by atoms with Crippen LogP contribution in [0.15, 0.2) is 219 Å². The molecule has 1 heterocycles. The summed E-state index contributed by atoms with van der Waals surface area (Å²) in [6.45, 7) is 10.6. The minimum Gasteiger partial charge on any atom is -0.806 e. The van der Waals surface area contributed by atoms with E-state index in [4.69, 9.17) is 4.98 Å². The van der Waals surface area contributed by atoms with Crippen molar-refractivity contribution in [1.82, 2.24) is 4.98 Å². The molecular formula is C67H51N2Pt-3. The zero-order valence-corrected chi connectivity index (χ0v) is 42.3. The maximum absolute atomic E-state index is 12.9. The third kappa shape index (κ3) is 7.45. The van der Waals surface area contributed by atoms with Crippen LogP contribution in [0.2, 0.25) is 0 Å². The van der Waals surface area contributed by atoms with E-state index in [1.165, 1.54) is 33.4 Å². The monoisotopic (exact) mass is 1080 g/mol. The Balaban J connectivity index is 0.00000567. The molecule has 0 saturated carbocycles. The molecule has 0 fully saturated rings. The molecule has 1 aromatic heterocycles. The van der Waals surface area contributed by atoms with Gasteiger partial charge in [-0.1, -0.05) is 186 Å². The Morgan fingerprint density at radius 3 is 1.41 bits per heavy atom. The van der Waals surface area contributed by atoms with Crippen LogP contribution in [-0.2, 0) is 31.9 Å². The molecule has 9 aromatic rings. The topological polar surface area (TPSA) is 35.2 Å². The van der Waals surface area contributed by atoms with Crippen LogP contribution in [0.4, 0.5) is 0 Å². The number of rotatable bonds is 10. The molecule has 2 aliphatic carbocycles. The number of fused-ring (bicyclic) bond motifs is 6. The van der Waals surface area contributed by atoms with Gasteiger partial charge in [-0.3, -0.25) is 4.98 Å². The molecule has 0 atom stereocenters. The molecule has 2 aliphatic rings. The first kappa shape index (κ1) is 46.2. The maximum atomic E-state index is 12.9. The number of allylic oxidation sites excluding steroid dienone is 4. The molecule has 2 nitrogen and oxygen atoms in total. The largest absolute Gasteiger partial charge is 0.806 e. The summed E-state index contributed by atoms with van der Waals surface area (Å²) >= 11 is 0. The molecule has 0 N–H and O–H groups in total. The number of benzene rings is 8. The summed E-state index contributed by atoms with van der Waals surface area (Å²) in [5, 5.41) is 12.9. The molecule has 8 aromatic carbocycles. The van der Waals surface area contributed by atoms with Crippen molar-refractivity contribution >= 4 is 16.9 Å². The fraction of sp³-hybridized carbons (Fsp3) is 0.104. The second-order valence-corrected chi connectivity index (χ2v) is 18.6. The van der Waals surface area contributed by atoms with Gasteiger partial charge in [0.15, 0.2) is 0 Å². The third-order valence-corrected chi connectivity index (χ3v) is 14.2. The second-order valence-electron chi connectivity index (χ2n) is 18.6. The maximum Gasteiger partial charge on any atom is 0.0717 e. The zero-order chi connectivity index (χ0) is 47.3. The van der Waals surface area contributed by atoms with Gasteiger partial charge in [0, 0.05) is 32.7 Å². The zero-order valence-electron chi connectivity index (χ0n) is 40.0. The Kier molecular flexibility index (Phi) is 12.4. The smallest absolute Gasteiger partial charge is 0.0717 e. The van der Waals surface area contributed by atoms with Gasteiger partial charge in [0.05, 0.1) is 11.1 Å². The molecule has 0 saturated heterocycles. The molecule has 0 amide bonds. The standard InChI is InChI=1S/C67H51N2.Pt/c1-6-7-10-27-62(68)66(58-38-44(2)29-33-54(58)55-34-30-45(3)39-59(55)66)52-25-17-23-50(42-52)65(64(48-19-11-8-12-20-48)49-21-13-9-14-22-49)51-24-18-26-53(43-51)67(63-28-15-16-37-69-63)60-40-46(4)31-35-56(60)57-36-32-47(5)41-61(57)67;/h6-41H,1-5H3;/q-3;/b7-6-,27-10-;. The summed E-state index contributed by atoms with van der Waals surface area (Å²) in [7, 11) is 0. The molecular weight excluding hydrogens is 1030 g/mol. The molecule has 342 valence electrons. The fourth-order valence-corrected chi connectivity index (χ4v) is 11.2. The van der Waals surface area contributed by atoms with Crippen molar-refractivity contribution < 1.29 is 21.1 Å². The van der Waals surface area contributed by atoms with Crippen LogP contribution in [0.1, 0.15) is 90.5 Å². The number of pyridine rings is 1. The van der Waals surface area contributed by atoms with Crippen molar-refractivity contribution in [2.45, 2.75) is 45.4 Å². The molecule has 0 radical (unpaired) electrons. The third-order valence-electron chi connectivity index (χ3n) is 14.2. The van der Waals surface area contributed by atoms with Gasteiger partial charge in [0.25, 0.3) is 0 Å². The minimum absolute atomic E-state index is 0. The Morgan fingerprint density at radius 2 is 0.929 bits per heavy atom. The number of aryl methyl sites for hydroxylation is 4. The molecule has 0 unspecified atom stereocenters. The number of nitrogens with zero attached hydrogens (tertiary/aromatic N) is 2.